The summed E-state index contributed by atoms with van der Waals surface area (Å²) in [5, 5.41) is 9.56. The van der Waals surface area contributed by atoms with Crippen LogP contribution < -0.4 is 10.5 Å². The fourth-order valence-electron chi connectivity index (χ4n) is 2.32. The molecule has 0 amide bonds. The van der Waals surface area contributed by atoms with Crippen LogP contribution in [0.25, 0.3) is 0 Å². The van der Waals surface area contributed by atoms with Crippen molar-refractivity contribution in [3.05, 3.63) is 24.3 Å². The highest BCUT2D eigenvalue weighted by Crippen LogP contribution is 2.15. The van der Waals surface area contributed by atoms with Gasteiger partial charge in [0.15, 0.2) is 0 Å². The van der Waals surface area contributed by atoms with Crippen molar-refractivity contribution in [3.63, 3.8) is 0 Å². The Labute approximate surface area is 108 Å². The van der Waals surface area contributed by atoms with E-state index in [0.29, 0.717) is 6.61 Å². The van der Waals surface area contributed by atoms with Crippen LogP contribution in [0.4, 0.5) is 5.69 Å². The molecule has 1 aromatic carbocycles. The van der Waals surface area contributed by atoms with Gasteiger partial charge in [0.25, 0.3) is 0 Å². The number of nitrogens with two attached hydrogens (primary N) is 1. The smallest absolute Gasteiger partial charge is 0.121 e. The number of nitrogen functional groups attached to an aromatic ring is 1. The molecule has 1 unspecified atom stereocenters. The third-order valence-corrected chi connectivity index (χ3v) is 3.23. The third kappa shape index (κ3) is 4.20. The van der Waals surface area contributed by atoms with E-state index < -0.39 is 0 Å². The van der Waals surface area contributed by atoms with Crippen molar-refractivity contribution in [2.24, 2.45) is 0 Å². The van der Waals surface area contributed by atoms with Crippen LogP contribution in [-0.4, -0.2) is 42.4 Å². The summed E-state index contributed by atoms with van der Waals surface area (Å²) in [7, 11) is 0. The molecule has 1 aliphatic heterocycles. The zero-order chi connectivity index (χ0) is 12.8. The minimum absolute atomic E-state index is 0.145. The van der Waals surface area contributed by atoms with E-state index in [0.717, 1.165) is 50.3 Å². The highest BCUT2D eigenvalue weighted by atomic mass is 16.5. The van der Waals surface area contributed by atoms with E-state index in [1.807, 2.05) is 24.3 Å². The number of anilines is 1. The van der Waals surface area contributed by atoms with Gasteiger partial charge < -0.3 is 20.5 Å². The van der Waals surface area contributed by atoms with Gasteiger partial charge >= 0.3 is 0 Å². The van der Waals surface area contributed by atoms with Gasteiger partial charge in [0, 0.05) is 24.8 Å². The Balaban J connectivity index is 1.64. The molecule has 0 aliphatic carbocycles. The molecule has 1 heterocycles. The van der Waals surface area contributed by atoms with E-state index >= 15 is 0 Å². The Kier molecular flexibility index (Phi) is 4.84. The molecule has 0 bridgehead atoms. The second-order valence-corrected chi connectivity index (χ2v) is 4.87. The first-order valence-corrected chi connectivity index (χ1v) is 6.63. The van der Waals surface area contributed by atoms with E-state index in [9.17, 15) is 5.11 Å². The fourth-order valence-corrected chi connectivity index (χ4v) is 2.32. The Bertz CT molecular complexity index is 371. The minimum atomic E-state index is -0.145. The van der Waals surface area contributed by atoms with E-state index in [2.05, 4.69) is 4.90 Å². The van der Waals surface area contributed by atoms with E-state index in [-0.39, 0.29) is 6.10 Å². The number of rotatable bonds is 5. The number of ether oxygens (including phenoxy) is 1. The highest BCUT2D eigenvalue weighted by molar-refractivity contribution is 5.43. The summed E-state index contributed by atoms with van der Waals surface area (Å²) >= 11 is 0. The van der Waals surface area contributed by atoms with Crippen molar-refractivity contribution in [1.29, 1.82) is 0 Å². The van der Waals surface area contributed by atoms with Gasteiger partial charge in [0.2, 0.25) is 0 Å². The number of likely N-dealkylation sites (tertiary alicyclic amines) is 1. The SMILES string of the molecule is Nc1cccc(OCCCN2CCCC(O)C2)c1. The molecule has 18 heavy (non-hydrogen) atoms. The number of benzene rings is 1. The molecule has 1 saturated heterocycles. The van der Waals surface area contributed by atoms with Crippen molar-refractivity contribution >= 4 is 5.69 Å². The molecule has 4 heteroatoms. The summed E-state index contributed by atoms with van der Waals surface area (Å²) in [6, 6.07) is 7.50. The van der Waals surface area contributed by atoms with E-state index in [4.69, 9.17) is 10.5 Å². The van der Waals surface area contributed by atoms with Crippen LogP contribution in [-0.2, 0) is 0 Å². The Morgan fingerprint density at radius 3 is 3.11 bits per heavy atom. The van der Waals surface area contributed by atoms with E-state index in [1.54, 1.807) is 0 Å². The largest absolute Gasteiger partial charge is 0.493 e. The zero-order valence-electron chi connectivity index (χ0n) is 10.7. The first-order valence-electron chi connectivity index (χ1n) is 6.63. The summed E-state index contributed by atoms with van der Waals surface area (Å²) in [4.78, 5) is 2.30. The number of hydrogen-bond donors (Lipinski definition) is 2. The van der Waals surface area contributed by atoms with E-state index in [1.165, 1.54) is 0 Å². The maximum absolute atomic E-state index is 9.56. The molecule has 3 N–H and O–H groups in total. The number of aliphatic hydroxyl groups excluding tert-OH is 1. The summed E-state index contributed by atoms with van der Waals surface area (Å²) in [5.41, 5.74) is 6.41. The minimum Gasteiger partial charge on any atom is -0.493 e. The van der Waals surface area contributed by atoms with Crippen LogP contribution in [0.15, 0.2) is 24.3 Å². The predicted octanol–water partition coefficient (Wildman–Crippen LogP) is 1.49. The fraction of sp³-hybridized carbons (Fsp3) is 0.571. The van der Waals surface area contributed by atoms with Gasteiger partial charge in [0.05, 0.1) is 12.7 Å². The van der Waals surface area contributed by atoms with Gasteiger partial charge in [-0.25, -0.2) is 0 Å². The third-order valence-electron chi connectivity index (χ3n) is 3.23. The molecule has 0 aromatic heterocycles. The van der Waals surface area contributed by atoms with Crippen LogP contribution in [0.3, 0.4) is 0 Å². The van der Waals surface area contributed by atoms with Crippen LogP contribution in [0.5, 0.6) is 5.75 Å². The molecule has 1 aromatic rings. The Hall–Kier alpha value is -1.26. The first kappa shape index (κ1) is 13.2. The average molecular weight is 250 g/mol. The number of piperidine rings is 1. The molecule has 1 aliphatic rings. The van der Waals surface area contributed by atoms with Gasteiger partial charge in [-0.05, 0) is 37.9 Å². The Morgan fingerprint density at radius 1 is 1.44 bits per heavy atom. The van der Waals surface area contributed by atoms with Crippen LogP contribution in [0.2, 0.25) is 0 Å². The molecule has 1 fully saturated rings. The molecule has 0 saturated carbocycles. The van der Waals surface area contributed by atoms with Crippen LogP contribution >= 0.6 is 0 Å². The normalized spacial score (nSPS) is 20.8. The average Bonchev–Trinajstić information content (AvgIpc) is 2.35. The summed E-state index contributed by atoms with van der Waals surface area (Å²) < 4.78 is 5.64. The summed E-state index contributed by atoms with van der Waals surface area (Å²) in [5.74, 6) is 0.827. The van der Waals surface area contributed by atoms with Gasteiger partial charge in [-0.15, -0.1) is 0 Å². The second-order valence-electron chi connectivity index (χ2n) is 4.87. The van der Waals surface area contributed by atoms with Gasteiger partial charge in [0.1, 0.15) is 5.75 Å². The maximum Gasteiger partial charge on any atom is 0.121 e. The lowest BCUT2D eigenvalue weighted by atomic mass is 10.1. The highest BCUT2D eigenvalue weighted by Gasteiger charge is 2.16. The molecule has 1 atom stereocenters. The van der Waals surface area contributed by atoms with Crippen LogP contribution in [0, 0.1) is 0 Å². The molecule has 100 valence electrons. The first-order chi connectivity index (χ1) is 8.74. The standard InChI is InChI=1S/C14H22N2O2/c15-12-4-1-6-14(10-12)18-9-3-8-16-7-2-5-13(17)11-16/h1,4,6,10,13,17H,2-3,5,7-9,11,15H2. The lowest BCUT2D eigenvalue weighted by molar-refractivity contribution is 0.0679. The van der Waals surface area contributed by atoms with Crippen molar-refractivity contribution in [2.75, 3.05) is 32.0 Å². The van der Waals surface area contributed by atoms with Crippen molar-refractivity contribution in [3.8, 4) is 5.75 Å². The zero-order valence-corrected chi connectivity index (χ0v) is 10.7. The molecule has 4 nitrogen and oxygen atoms in total. The molecular formula is C14H22N2O2. The summed E-state index contributed by atoms with van der Waals surface area (Å²) in [6.07, 6.45) is 2.86. The van der Waals surface area contributed by atoms with Crippen molar-refractivity contribution in [1.82, 2.24) is 4.90 Å². The lowest BCUT2D eigenvalue weighted by Gasteiger charge is -2.29. The molecular weight excluding hydrogens is 228 g/mol. The van der Waals surface area contributed by atoms with Gasteiger partial charge in [-0.3, -0.25) is 0 Å². The van der Waals surface area contributed by atoms with Crippen molar-refractivity contribution < 1.29 is 9.84 Å². The number of nitrogens with zero attached hydrogens (tertiary/aromatic N) is 1. The predicted molar refractivity (Wildman–Crippen MR) is 72.6 cm³/mol. The van der Waals surface area contributed by atoms with Crippen LogP contribution in [0.1, 0.15) is 19.3 Å². The van der Waals surface area contributed by atoms with Crippen molar-refractivity contribution in [2.45, 2.75) is 25.4 Å². The maximum atomic E-state index is 9.56. The van der Waals surface area contributed by atoms with Gasteiger partial charge in [-0.2, -0.15) is 0 Å². The lowest BCUT2D eigenvalue weighted by Crippen LogP contribution is -2.39. The Morgan fingerprint density at radius 2 is 2.33 bits per heavy atom. The number of hydrogen-bond acceptors (Lipinski definition) is 4. The van der Waals surface area contributed by atoms with Gasteiger partial charge in [-0.1, -0.05) is 6.07 Å². The molecule has 2 rings (SSSR count). The number of aliphatic hydroxyl groups is 1. The number of β-amino-alcohol motifs (C(OH)–C–C–N with tert-alkyl or cyclic N) is 1. The molecule has 0 radical (unpaired) electrons. The monoisotopic (exact) mass is 250 g/mol. The topological polar surface area (TPSA) is 58.7 Å². The second kappa shape index (κ2) is 6.61. The summed E-state index contributed by atoms with van der Waals surface area (Å²) in [6.45, 7) is 3.57. The molecule has 0 spiro atoms. The quantitative estimate of drug-likeness (QED) is 0.614.